The molecule has 0 saturated carbocycles. The third-order valence-corrected chi connectivity index (χ3v) is 3.68. The van der Waals surface area contributed by atoms with E-state index >= 15 is 0 Å². The van der Waals surface area contributed by atoms with Crippen LogP contribution in [0.25, 0.3) is 0 Å². The highest BCUT2D eigenvalue weighted by Gasteiger charge is 2.18. The zero-order valence-electron chi connectivity index (χ0n) is 9.75. The molecule has 0 radical (unpaired) electrons. The Kier molecular flexibility index (Phi) is 2.68. The van der Waals surface area contributed by atoms with Gasteiger partial charge in [-0.05, 0) is 39.3 Å². The van der Waals surface area contributed by atoms with Crippen molar-refractivity contribution in [1.29, 1.82) is 0 Å². The summed E-state index contributed by atoms with van der Waals surface area (Å²) in [6, 6.07) is 1.77. The van der Waals surface area contributed by atoms with Crippen molar-refractivity contribution in [2.75, 3.05) is 0 Å². The van der Waals surface area contributed by atoms with Crippen LogP contribution >= 0.6 is 11.3 Å². The Hall–Kier alpha value is -1.42. The summed E-state index contributed by atoms with van der Waals surface area (Å²) in [4.78, 5) is 17.3. The van der Waals surface area contributed by atoms with Gasteiger partial charge in [0.2, 0.25) is 0 Å². The van der Waals surface area contributed by atoms with Crippen LogP contribution in [0.15, 0.2) is 10.5 Å². The summed E-state index contributed by atoms with van der Waals surface area (Å²) in [5.74, 6) is 1.04. The fourth-order valence-electron chi connectivity index (χ4n) is 1.36. The monoisotopic (exact) mass is 235 g/mol. The Morgan fingerprint density at radius 1 is 1.31 bits per heavy atom. The molecule has 16 heavy (non-hydrogen) atoms. The first-order valence-electron chi connectivity index (χ1n) is 5.05. The molecule has 4 heteroatoms. The van der Waals surface area contributed by atoms with Crippen LogP contribution in [0.1, 0.15) is 37.5 Å². The minimum atomic E-state index is -0.127. The van der Waals surface area contributed by atoms with E-state index in [2.05, 4.69) is 4.98 Å². The molecule has 0 spiro atoms. The summed E-state index contributed by atoms with van der Waals surface area (Å²) < 4.78 is 5.40. The van der Waals surface area contributed by atoms with E-state index in [1.807, 2.05) is 27.7 Å². The van der Waals surface area contributed by atoms with Gasteiger partial charge >= 0.3 is 0 Å². The molecule has 0 aliphatic rings. The molecule has 0 unspecified atom stereocenters. The standard InChI is InChI=1S/C12H13NO2S/c1-6-5-10(15-8(6)3)11(14)12-13-7(2)9(4)16-12/h5H,1-4H3. The number of aryl methyl sites for hydroxylation is 4. The van der Waals surface area contributed by atoms with Gasteiger partial charge in [-0.15, -0.1) is 11.3 Å². The van der Waals surface area contributed by atoms with Crippen molar-refractivity contribution in [1.82, 2.24) is 4.98 Å². The number of hydrogen-bond acceptors (Lipinski definition) is 4. The molecule has 0 amide bonds. The van der Waals surface area contributed by atoms with E-state index < -0.39 is 0 Å². The Bertz CT molecular complexity index is 464. The minimum Gasteiger partial charge on any atom is -0.458 e. The second kappa shape index (κ2) is 3.87. The molecule has 2 rings (SSSR count). The summed E-state index contributed by atoms with van der Waals surface area (Å²) in [6.45, 7) is 7.64. The van der Waals surface area contributed by atoms with E-state index in [1.165, 1.54) is 11.3 Å². The highest BCUT2D eigenvalue weighted by atomic mass is 32.1. The third kappa shape index (κ3) is 1.80. The topological polar surface area (TPSA) is 43.1 Å². The Balaban J connectivity index is 2.38. The second-order valence-electron chi connectivity index (χ2n) is 3.84. The van der Waals surface area contributed by atoms with Gasteiger partial charge in [-0.2, -0.15) is 0 Å². The Labute approximate surface area is 98.1 Å². The minimum absolute atomic E-state index is 0.127. The number of ketones is 1. The molecule has 84 valence electrons. The lowest BCUT2D eigenvalue weighted by atomic mass is 10.2. The lowest BCUT2D eigenvalue weighted by molar-refractivity contribution is 0.101. The molecule has 2 aromatic heterocycles. The molecule has 0 aromatic carbocycles. The number of aromatic nitrogens is 1. The molecular weight excluding hydrogens is 222 g/mol. The predicted octanol–water partition coefficient (Wildman–Crippen LogP) is 3.20. The van der Waals surface area contributed by atoms with Crippen LogP contribution in [-0.2, 0) is 0 Å². The average molecular weight is 235 g/mol. The molecular formula is C12H13NO2S. The smallest absolute Gasteiger partial charge is 0.256 e. The van der Waals surface area contributed by atoms with Crippen molar-refractivity contribution in [3.63, 3.8) is 0 Å². The lowest BCUT2D eigenvalue weighted by Gasteiger charge is -1.90. The SMILES string of the molecule is Cc1cc(C(=O)c2nc(C)c(C)s2)oc1C. The number of rotatable bonds is 2. The van der Waals surface area contributed by atoms with Crippen molar-refractivity contribution in [2.24, 2.45) is 0 Å². The first kappa shape index (κ1) is 11.1. The molecule has 3 nitrogen and oxygen atoms in total. The first-order chi connectivity index (χ1) is 7.49. The lowest BCUT2D eigenvalue weighted by Crippen LogP contribution is -1.98. The van der Waals surface area contributed by atoms with Crippen LogP contribution in [0.4, 0.5) is 0 Å². The van der Waals surface area contributed by atoms with Crippen molar-refractivity contribution in [2.45, 2.75) is 27.7 Å². The van der Waals surface area contributed by atoms with Gasteiger partial charge in [0.25, 0.3) is 5.78 Å². The number of thiazole rings is 1. The maximum Gasteiger partial charge on any atom is 0.256 e. The normalized spacial score (nSPS) is 10.8. The van der Waals surface area contributed by atoms with Gasteiger partial charge in [0.1, 0.15) is 5.76 Å². The van der Waals surface area contributed by atoms with E-state index in [4.69, 9.17) is 4.42 Å². The summed E-state index contributed by atoms with van der Waals surface area (Å²) in [7, 11) is 0. The molecule has 0 aliphatic heterocycles. The summed E-state index contributed by atoms with van der Waals surface area (Å²) >= 11 is 1.41. The summed E-state index contributed by atoms with van der Waals surface area (Å²) in [6.07, 6.45) is 0. The van der Waals surface area contributed by atoms with Gasteiger partial charge in [-0.25, -0.2) is 4.98 Å². The summed E-state index contributed by atoms with van der Waals surface area (Å²) in [5, 5.41) is 0.503. The maximum atomic E-state index is 12.0. The summed E-state index contributed by atoms with van der Waals surface area (Å²) in [5.41, 5.74) is 1.90. The van der Waals surface area contributed by atoms with Crippen LogP contribution in [-0.4, -0.2) is 10.8 Å². The largest absolute Gasteiger partial charge is 0.458 e. The van der Waals surface area contributed by atoms with E-state index in [-0.39, 0.29) is 5.78 Å². The molecule has 2 aromatic rings. The van der Waals surface area contributed by atoms with Gasteiger partial charge in [-0.1, -0.05) is 0 Å². The average Bonchev–Trinajstić information content (AvgIpc) is 2.72. The second-order valence-corrected chi connectivity index (χ2v) is 5.04. The zero-order chi connectivity index (χ0) is 11.9. The molecule has 0 bridgehead atoms. The number of hydrogen-bond donors (Lipinski definition) is 0. The molecule has 0 saturated heterocycles. The number of carbonyl (C=O) groups excluding carboxylic acids is 1. The van der Waals surface area contributed by atoms with Crippen LogP contribution in [0.5, 0.6) is 0 Å². The maximum absolute atomic E-state index is 12.0. The number of carbonyl (C=O) groups is 1. The Morgan fingerprint density at radius 2 is 2.00 bits per heavy atom. The zero-order valence-corrected chi connectivity index (χ0v) is 10.6. The molecule has 0 N–H and O–H groups in total. The quantitative estimate of drug-likeness (QED) is 0.751. The first-order valence-corrected chi connectivity index (χ1v) is 5.86. The van der Waals surface area contributed by atoms with E-state index in [1.54, 1.807) is 6.07 Å². The Morgan fingerprint density at radius 3 is 2.44 bits per heavy atom. The van der Waals surface area contributed by atoms with Gasteiger partial charge in [0, 0.05) is 4.88 Å². The van der Waals surface area contributed by atoms with Crippen LogP contribution in [0.2, 0.25) is 0 Å². The number of furan rings is 1. The van der Waals surface area contributed by atoms with Crippen molar-refractivity contribution in [3.05, 3.63) is 38.7 Å². The van der Waals surface area contributed by atoms with Crippen molar-refractivity contribution >= 4 is 17.1 Å². The van der Waals surface area contributed by atoms with Crippen LogP contribution in [0.3, 0.4) is 0 Å². The van der Waals surface area contributed by atoms with Gasteiger partial charge in [-0.3, -0.25) is 4.79 Å². The molecule has 0 fully saturated rings. The van der Waals surface area contributed by atoms with Gasteiger partial charge in [0.15, 0.2) is 10.8 Å². The predicted molar refractivity (Wildman–Crippen MR) is 63.2 cm³/mol. The van der Waals surface area contributed by atoms with Gasteiger partial charge < -0.3 is 4.42 Å². The van der Waals surface area contributed by atoms with E-state index in [0.29, 0.717) is 10.8 Å². The van der Waals surface area contributed by atoms with Crippen molar-refractivity contribution in [3.8, 4) is 0 Å². The third-order valence-electron chi connectivity index (χ3n) is 2.61. The van der Waals surface area contributed by atoms with E-state index in [9.17, 15) is 4.79 Å². The molecule has 2 heterocycles. The fraction of sp³-hybridized carbons (Fsp3) is 0.333. The van der Waals surface area contributed by atoms with Crippen LogP contribution in [0, 0.1) is 27.7 Å². The van der Waals surface area contributed by atoms with Gasteiger partial charge in [0.05, 0.1) is 5.69 Å². The highest BCUT2D eigenvalue weighted by molar-refractivity contribution is 7.13. The van der Waals surface area contributed by atoms with Crippen LogP contribution < -0.4 is 0 Å². The molecule has 0 aliphatic carbocycles. The van der Waals surface area contributed by atoms with E-state index in [0.717, 1.165) is 21.9 Å². The molecule has 0 atom stereocenters. The number of nitrogens with zero attached hydrogens (tertiary/aromatic N) is 1. The fourth-order valence-corrected chi connectivity index (χ4v) is 2.22. The highest BCUT2D eigenvalue weighted by Crippen LogP contribution is 2.22. The van der Waals surface area contributed by atoms with Crippen molar-refractivity contribution < 1.29 is 9.21 Å².